The molecular formula is C13H29Cl2N3O2. The maximum atomic E-state index is 11.6. The largest absolute Gasteiger partial charge is 0.380 e. The summed E-state index contributed by atoms with van der Waals surface area (Å²) in [5, 5.41) is 2.93. The second kappa shape index (κ2) is 12.7. The Bertz CT molecular complexity index is 254. The van der Waals surface area contributed by atoms with Crippen molar-refractivity contribution >= 4 is 30.7 Å². The van der Waals surface area contributed by atoms with Crippen molar-refractivity contribution in [2.24, 2.45) is 11.7 Å². The summed E-state index contributed by atoms with van der Waals surface area (Å²) in [6.45, 7) is 6.63. The molecule has 1 fully saturated rings. The fourth-order valence-corrected chi connectivity index (χ4v) is 2.39. The lowest BCUT2D eigenvalue weighted by molar-refractivity contribution is -0.123. The molecule has 5 nitrogen and oxygen atoms in total. The number of hydrogen-bond acceptors (Lipinski definition) is 4. The molecule has 20 heavy (non-hydrogen) atoms. The lowest BCUT2D eigenvalue weighted by Gasteiger charge is -2.30. The normalized spacial score (nSPS) is 20.4. The molecule has 1 aliphatic heterocycles. The van der Waals surface area contributed by atoms with Crippen molar-refractivity contribution in [3.8, 4) is 0 Å². The van der Waals surface area contributed by atoms with Crippen LogP contribution in [0.3, 0.4) is 0 Å². The van der Waals surface area contributed by atoms with Crippen molar-refractivity contribution in [1.29, 1.82) is 0 Å². The van der Waals surface area contributed by atoms with Gasteiger partial charge in [-0.05, 0) is 25.3 Å². The predicted octanol–water partition coefficient (Wildman–Crippen LogP) is 1.04. The van der Waals surface area contributed by atoms with Crippen molar-refractivity contribution in [3.63, 3.8) is 0 Å². The number of methoxy groups -OCH3 is 1. The minimum atomic E-state index is -0.167. The molecule has 1 saturated heterocycles. The average molecular weight is 330 g/mol. The van der Waals surface area contributed by atoms with Gasteiger partial charge >= 0.3 is 0 Å². The first-order valence-corrected chi connectivity index (χ1v) is 6.87. The first kappa shape index (κ1) is 22.2. The van der Waals surface area contributed by atoms with Gasteiger partial charge in [0, 0.05) is 33.3 Å². The molecule has 1 aliphatic rings. The molecule has 0 radical (unpaired) electrons. The predicted molar refractivity (Wildman–Crippen MR) is 86.8 cm³/mol. The topological polar surface area (TPSA) is 67.6 Å². The van der Waals surface area contributed by atoms with Crippen LogP contribution in [0.15, 0.2) is 0 Å². The molecule has 1 rings (SSSR count). The fourth-order valence-electron chi connectivity index (χ4n) is 2.39. The third-order valence-corrected chi connectivity index (χ3v) is 3.50. The number of halogens is 2. The van der Waals surface area contributed by atoms with Gasteiger partial charge in [-0.15, -0.1) is 24.8 Å². The first-order valence-electron chi connectivity index (χ1n) is 6.87. The number of nitrogens with two attached hydrogens (primary N) is 1. The maximum Gasteiger partial charge on any atom is 0.222 e. The van der Waals surface area contributed by atoms with E-state index >= 15 is 0 Å². The summed E-state index contributed by atoms with van der Waals surface area (Å²) in [6, 6.07) is 0. The number of hydrogen-bond donors (Lipinski definition) is 2. The summed E-state index contributed by atoms with van der Waals surface area (Å²) in [6.07, 6.45) is 2.78. The van der Waals surface area contributed by atoms with Gasteiger partial charge in [-0.1, -0.05) is 6.92 Å². The number of amides is 1. The number of rotatable bonds is 7. The van der Waals surface area contributed by atoms with Crippen LogP contribution in [0.1, 0.15) is 26.2 Å². The zero-order valence-corrected chi connectivity index (χ0v) is 14.1. The van der Waals surface area contributed by atoms with Gasteiger partial charge in [-0.2, -0.15) is 0 Å². The SMILES string of the molecule is COC(CN)CC(=O)NCCN1CCCC(C)C1.Cl.Cl. The van der Waals surface area contributed by atoms with Crippen LogP contribution in [0.4, 0.5) is 0 Å². The maximum absolute atomic E-state index is 11.6. The zero-order valence-electron chi connectivity index (χ0n) is 12.5. The second-order valence-corrected chi connectivity index (χ2v) is 5.20. The van der Waals surface area contributed by atoms with E-state index in [0.717, 1.165) is 25.6 Å². The Morgan fingerprint density at radius 2 is 2.20 bits per heavy atom. The Hall–Kier alpha value is -0.0700. The molecular weight excluding hydrogens is 301 g/mol. The molecule has 122 valence electrons. The van der Waals surface area contributed by atoms with E-state index in [0.29, 0.717) is 19.5 Å². The molecule has 0 aromatic carbocycles. The van der Waals surface area contributed by atoms with Gasteiger partial charge in [0.25, 0.3) is 0 Å². The van der Waals surface area contributed by atoms with E-state index in [4.69, 9.17) is 10.5 Å². The average Bonchev–Trinajstić information content (AvgIpc) is 2.36. The van der Waals surface area contributed by atoms with Crippen molar-refractivity contribution in [1.82, 2.24) is 10.2 Å². The van der Waals surface area contributed by atoms with E-state index in [2.05, 4.69) is 17.1 Å². The number of ether oxygens (including phenoxy) is 1. The van der Waals surface area contributed by atoms with Gasteiger partial charge in [-0.25, -0.2) is 0 Å². The molecule has 0 saturated carbocycles. The zero-order chi connectivity index (χ0) is 13.4. The van der Waals surface area contributed by atoms with Crippen molar-refractivity contribution in [2.75, 3.05) is 39.8 Å². The third-order valence-electron chi connectivity index (χ3n) is 3.50. The van der Waals surface area contributed by atoms with Crippen LogP contribution in [0, 0.1) is 5.92 Å². The molecule has 3 N–H and O–H groups in total. The second-order valence-electron chi connectivity index (χ2n) is 5.20. The van der Waals surface area contributed by atoms with Gasteiger partial charge < -0.3 is 20.7 Å². The summed E-state index contributed by atoms with van der Waals surface area (Å²) in [5.74, 6) is 0.807. The van der Waals surface area contributed by atoms with E-state index in [1.807, 2.05) is 0 Å². The summed E-state index contributed by atoms with van der Waals surface area (Å²) >= 11 is 0. The third kappa shape index (κ3) is 8.97. The first-order chi connectivity index (χ1) is 8.65. The van der Waals surface area contributed by atoms with Crippen molar-refractivity contribution in [2.45, 2.75) is 32.3 Å². The van der Waals surface area contributed by atoms with E-state index in [-0.39, 0.29) is 36.8 Å². The molecule has 2 unspecified atom stereocenters. The molecule has 2 atom stereocenters. The highest BCUT2D eigenvalue weighted by molar-refractivity contribution is 5.85. The molecule has 0 bridgehead atoms. The number of carbonyl (C=O) groups excluding carboxylic acids is 1. The van der Waals surface area contributed by atoms with Gasteiger partial charge in [0.1, 0.15) is 0 Å². The van der Waals surface area contributed by atoms with Gasteiger partial charge in [-0.3, -0.25) is 4.79 Å². The van der Waals surface area contributed by atoms with Crippen LogP contribution >= 0.6 is 24.8 Å². The minimum absolute atomic E-state index is 0. The Morgan fingerprint density at radius 3 is 2.75 bits per heavy atom. The Kier molecular flexibility index (Phi) is 14.1. The van der Waals surface area contributed by atoms with Crippen LogP contribution < -0.4 is 11.1 Å². The van der Waals surface area contributed by atoms with Crippen molar-refractivity contribution in [3.05, 3.63) is 0 Å². The number of nitrogens with one attached hydrogen (secondary N) is 1. The van der Waals surface area contributed by atoms with Crippen LogP contribution in [-0.4, -0.2) is 56.7 Å². The fraction of sp³-hybridized carbons (Fsp3) is 0.923. The highest BCUT2D eigenvalue weighted by Gasteiger charge is 2.16. The van der Waals surface area contributed by atoms with E-state index in [1.165, 1.54) is 12.8 Å². The number of nitrogens with zero attached hydrogens (tertiary/aromatic N) is 1. The molecule has 1 amide bonds. The lowest BCUT2D eigenvalue weighted by Crippen LogP contribution is -2.41. The molecule has 0 spiro atoms. The lowest BCUT2D eigenvalue weighted by atomic mass is 10.0. The number of carbonyl (C=O) groups is 1. The molecule has 0 aliphatic carbocycles. The molecule has 1 heterocycles. The summed E-state index contributed by atoms with van der Waals surface area (Å²) in [7, 11) is 1.58. The monoisotopic (exact) mass is 329 g/mol. The van der Waals surface area contributed by atoms with Crippen LogP contribution in [0.5, 0.6) is 0 Å². The Labute approximate surface area is 134 Å². The molecule has 0 aromatic rings. The summed E-state index contributed by atoms with van der Waals surface area (Å²) in [5.41, 5.74) is 5.48. The van der Waals surface area contributed by atoms with E-state index in [9.17, 15) is 4.79 Å². The van der Waals surface area contributed by atoms with Gasteiger partial charge in [0.05, 0.1) is 12.5 Å². The Balaban J connectivity index is 0. The highest BCUT2D eigenvalue weighted by atomic mass is 35.5. The van der Waals surface area contributed by atoms with E-state index in [1.54, 1.807) is 7.11 Å². The molecule has 7 heteroatoms. The standard InChI is InChI=1S/C13H27N3O2.2ClH/c1-11-4-3-6-16(10-11)7-5-15-13(17)8-12(9-14)18-2;;/h11-12H,3-10,14H2,1-2H3,(H,15,17);2*1H. The van der Waals surface area contributed by atoms with Gasteiger partial charge in [0.15, 0.2) is 0 Å². The van der Waals surface area contributed by atoms with Crippen LogP contribution in [0.25, 0.3) is 0 Å². The smallest absolute Gasteiger partial charge is 0.222 e. The highest BCUT2D eigenvalue weighted by Crippen LogP contribution is 2.14. The van der Waals surface area contributed by atoms with Crippen molar-refractivity contribution < 1.29 is 9.53 Å². The number of piperidine rings is 1. The quantitative estimate of drug-likeness (QED) is 0.732. The van der Waals surface area contributed by atoms with Gasteiger partial charge in [0.2, 0.25) is 5.91 Å². The summed E-state index contributed by atoms with van der Waals surface area (Å²) in [4.78, 5) is 14.0. The van der Waals surface area contributed by atoms with E-state index < -0.39 is 0 Å². The van der Waals surface area contributed by atoms with Crippen LogP contribution in [-0.2, 0) is 9.53 Å². The summed E-state index contributed by atoms with van der Waals surface area (Å²) < 4.78 is 5.08. The number of likely N-dealkylation sites (tertiary alicyclic amines) is 1. The van der Waals surface area contributed by atoms with Crippen LogP contribution in [0.2, 0.25) is 0 Å². The Morgan fingerprint density at radius 1 is 1.50 bits per heavy atom. The molecule has 0 aromatic heterocycles. The minimum Gasteiger partial charge on any atom is -0.380 e.